The summed E-state index contributed by atoms with van der Waals surface area (Å²) < 4.78 is 12.5. The van der Waals surface area contributed by atoms with Gasteiger partial charge in [-0.1, -0.05) is 24.3 Å². The highest BCUT2D eigenvalue weighted by atomic mass is 16.5. The number of nitrogens with zero attached hydrogens (tertiary/aromatic N) is 1. The van der Waals surface area contributed by atoms with Crippen molar-refractivity contribution in [1.82, 2.24) is 4.57 Å². The summed E-state index contributed by atoms with van der Waals surface area (Å²) in [5, 5.41) is 2.37. The van der Waals surface area contributed by atoms with Crippen molar-refractivity contribution in [3.63, 3.8) is 0 Å². The van der Waals surface area contributed by atoms with Crippen molar-refractivity contribution in [2.24, 2.45) is 0 Å². The number of aryl methyl sites for hydroxylation is 1. The molecule has 3 aromatic rings. The lowest BCUT2D eigenvalue weighted by molar-refractivity contribution is 0.0976. The van der Waals surface area contributed by atoms with Crippen LogP contribution in [0.25, 0.3) is 10.8 Å². The molecule has 0 aliphatic carbocycles. The van der Waals surface area contributed by atoms with Gasteiger partial charge in [0.1, 0.15) is 0 Å². The number of carbonyl (C=O) groups is 1. The van der Waals surface area contributed by atoms with Crippen LogP contribution < -0.4 is 9.47 Å². The average Bonchev–Trinajstić information content (AvgIpc) is 3.01. The summed E-state index contributed by atoms with van der Waals surface area (Å²) in [4.78, 5) is 12.4. The Labute approximate surface area is 135 Å². The van der Waals surface area contributed by atoms with E-state index in [1.807, 2.05) is 12.1 Å². The Kier molecular flexibility index (Phi) is 4.33. The minimum atomic E-state index is 0.0868. The molecule has 4 heteroatoms. The second-order valence-corrected chi connectivity index (χ2v) is 5.37. The highest BCUT2D eigenvalue weighted by Crippen LogP contribution is 2.28. The van der Waals surface area contributed by atoms with Crippen LogP contribution in [0.1, 0.15) is 16.8 Å². The predicted molar refractivity (Wildman–Crippen MR) is 90.4 cm³/mol. The summed E-state index contributed by atoms with van der Waals surface area (Å²) in [7, 11) is 3.15. The van der Waals surface area contributed by atoms with Crippen LogP contribution in [0.15, 0.2) is 54.9 Å². The maximum Gasteiger partial charge on any atom is 0.164 e. The molecule has 4 nitrogen and oxygen atoms in total. The van der Waals surface area contributed by atoms with Crippen molar-refractivity contribution in [3.8, 4) is 11.5 Å². The third kappa shape index (κ3) is 3.21. The first-order valence-corrected chi connectivity index (χ1v) is 7.51. The number of benzene rings is 2. The van der Waals surface area contributed by atoms with E-state index in [0.29, 0.717) is 30.0 Å². The molecule has 0 fully saturated rings. The number of hydrogen-bond acceptors (Lipinski definition) is 3. The zero-order valence-corrected chi connectivity index (χ0v) is 13.3. The molecule has 118 valence electrons. The Morgan fingerprint density at radius 3 is 2.22 bits per heavy atom. The van der Waals surface area contributed by atoms with Gasteiger partial charge in [-0.2, -0.15) is 0 Å². The summed E-state index contributed by atoms with van der Waals surface area (Å²) in [6, 6.07) is 13.4. The SMILES string of the molecule is COc1ccc(C(=O)CCn2cc3ccccc3c2)cc1OC. The monoisotopic (exact) mass is 309 g/mol. The molecule has 23 heavy (non-hydrogen) atoms. The number of carbonyl (C=O) groups excluding carboxylic acids is 1. The van der Waals surface area contributed by atoms with Crippen LogP contribution >= 0.6 is 0 Å². The number of aromatic nitrogens is 1. The fourth-order valence-corrected chi connectivity index (χ4v) is 2.65. The van der Waals surface area contributed by atoms with E-state index in [2.05, 4.69) is 29.1 Å². The van der Waals surface area contributed by atoms with Gasteiger partial charge in [0.25, 0.3) is 0 Å². The van der Waals surface area contributed by atoms with E-state index in [1.54, 1.807) is 32.4 Å². The molecule has 0 amide bonds. The molecule has 0 bridgehead atoms. The van der Waals surface area contributed by atoms with Gasteiger partial charge in [-0.25, -0.2) is 0 Å². The minimum absolute atomic E-state index is 0.0868. The maximum absolute atomic E-state index is 12.4. The standard InChI is InChI=1S/C19H19NO3/c1-22-18-8-7-14(11-19(18)23-2)17(21)9-10-20-12-15-5-3-4-6-16(15)13-20/h3-8,11-13H,9-10H2,1-2H3. The molecule has 0 saturated heterocycles. The van der Waals surface area contributed by atoms with Crippen molar-refractivity contribution < 1.29 is 14.3 Å². The second-order valence-electron chi connectivity index (χ2n) is 5.37. The first kappa shape index (κ1) is 15.2. The number of rotatable bonds is 6. The number of methoxy groups -OCH3 is 2. The molecule has 0 aliphatic rings. The molecule has 0 atom stereocenters. The largest absolute Gasteiger partial charge is 0.493 e. The lowest BCUT2D eigenvalue weighted by Crippen LogP contribution is -2.05. The van der Waals surface area contributed by atoms with Crippen molar-refractivity contribution in [2.75, 3.05) is 14.2 Å². The van der Waals surface area contributed by atoms with Crippen LogP contribution in [0.2, 0.25) is 0 Å². The molecule has 0 aliphatic heterocycles. The summed E-state index contributed by atoms with van der Waals surface area (Å²) in [5.74, 6) is 1.29. The van der Waals surface area contributed by atoms with Gasteiger partial charge in [0.05, 0.1) is 14.2 Å². The van der Waals surface area contributed by atoms with Crippen molar-refractivity contribution >= 4 is 16.6 Å². The van der Waals surface area contributed by atoms with E-state index < -0.39 is 0 Å². The topological polar surface area (TPSA) is 40.5 Å². The van der Waals surface area contributed by atoms with Gasteiger partial charge in [-0.15, -0.1) is 0 Å². The molecular formula is C19H19NO3. The smallest absolute Gasteiger partial charge is 0.164 e. The molecule has 0 radical (unpaired) electrons. The molecule has 1 heterocycles. The molecule has 1 aromatic heterocycles. The molecular weight excluding hydrogens is 290 g/mol. The van der Waals surface area contributed by atoms with Crippen molar-refractivity contribution in [3.05, 3.63) is 60.4 Å². The van der Waals surface area contributed by atoms with E-state index in [4.69, 9.17) is 9.47 Å². The predicted octanol–water partition coefficient (Wildman–Crippen LogP) is 3.93. The van der Waals surface area contributed by atoms with Gasteiger partial charge < -0.3 is 14.0 Å². The summed E-state index contributed by atoms with van der Waals surface area (Å²) >= 11 is 0. The van der Waals surface area contributed by atoms with Gasteiger partial charge in [0.15, 0.2) is 17.3 Å². The number of fused-ring (bicyclic) bond motifs is 1. The van der Waals surface area contributed by atoms with Crippen LogP contribution in [0.5, 0.6) is 11.5 Å². The first-order valence-electron chi connectivity index (χ1n) is 7.51. The van der Waals surface area contributed by atoms with Crippen molar-refractivity contribution in [1.29, 1.82) is 0 Å². The number of Topliss-reactive ketones (excluding diaryl/α,β-unsaturated/α-hetero) is 1. The first-order chi connectivity index (χ1) is 11.2. The zero-order valence-electron chi connectivity index (χ0n) is 13.3. The van der Waals surface area contributed by atoms with Crippen LogP contribution in [0.3, 0.4) is 0 Å². The third-order valence-corrected chi connectivity index (χ3v) is 3.91. The molecule has 0 spiro atoms. The lowest BCUT2D eigenvalue weighted by atomic mass is 10.1. The third-order valence-electron chi connectivity index (χ3n) is 3.91. The van der Waals surface area contributed by atoms with Crippen LogP contribution in [0.4, 0.5) is 0 Å². The Bertz CT molecular complexity index is 803. The summed E-state index contributed by atoms with van der Waals surface area (Å²) in [5.41, 5.74) is 0.638. The Balaban J connectivity index is 1.71. The molecule has 0 saturated carbocycles. The van der Waals surface area contributed by atoms with Gasteiger partial charge in [-0.05, 0) is 29.0 Å². The number of ether oxygens (including phenoxy) is 2. The lowest BCUT2D eigenvalue weighted by Gasteiger charge is -2.09. The van der Waals surface area contributed by atoms with E-state index >= 15 is 0 Å². The summed E-state index contributed by atoms with van der Waals surface area (Å²) in [6.45, 7) is 0.655. The number of hydrogen-bond donors (Lipinski definition) is 0. The van der Waals surface area contributed by atoms with E-state index in [9.17, 15) is 4.79 Å². The molecule has 2 aromatic carbocycles. The van der Waals surface area contributed by atoms with Crippen LogP contribution in [0, 0.1) is 0 Å². The number of ketones is 1. The van der Waals surface area contributed by atoms with Gasteiger partial charge in [0.2, 0.25) is 0 Å². The Morgan fingerprint density at radius 2 is 1.61 bits per heavy atom. The quantitative estimate of drug-likeness (QED) is 0.648. The summed E-state index contributed by atoms with van der Waals surface area (Å²) in [6.07, 6.45) is 4.57. The van der Waals surface area contributed by atoms with Gasteiger partial charge in [0, 0.05) is 30.9 Å². The highest BCUT2D eigenvalue weighted by Gasteiger charge is 2.11. The van der Waals surface area contributed by atoms with Crippen LogP contribution in [-0.2, 0) is 6.54 Å². The Hall–Kier alpha value is -2.75. The fourth-order valence-electron chi connectivity index (χ4n) is 2.65. The molecule has 0 N–H and O–H groups in total. The van der Waals surface area contributed by atoms with Crippen LogP contribution in [-0.4, -0.2) is 24.6 Å². The van der Waals surface area contributed by atoms with Crippen molar-refractivity contribution in [2.45, 2.75) is 13.0 Å². The highest BCUT2D eigenvalue weighted by molar-refractivity contribution is 5.96. The van der Waals surface area contributed by atoms with Gasteiger partial charge >= 0.3 is 0 Å². The normalized spacial score (nSPS) is 10.7. The van der Waals surface area contributed by atoms with E-state index in [-0.39, 0.29) is 5.78 Å². The fraction of sp³-hybridized carbons (Fsp3) is 0.211. The van der Waals surface area contributed by atoms with E-state index in [0.717, 1.165) is 0 Å². The molecule has 3 rings (SSSR count). The minimum Gasteiger partial charge on any atom is -0.493 e. The van der Waals surface area contributed by atoms with E-state index in [1.165, 1.54) is 10.8 Å². The Morgan fingerprint density at radius 1 is 0.957 bits per heavy atom. The average molecular weight is 309 g/mol. The molecule has 0 unspecified atom stereocenters. The van der Waals surface area contributed by atoms with Gasteiger partial charge in [-0.3, -0.25) is 4.79 Å². The maximum atomic E-state index is 12.4. The zero-order chi connectivity index (χ0) is 16.2. The second kappa shape index (κ2) is 6.57.